The molecular formula is C12H8Br2N2O2S. The molecule has 0 amide bonds. The van der Waals surface area contributed by atoms with E-state index < -0.39 is 5.97 Å². The molecule has 0 bridgehead atoms. The van der Waals surface area contributed by atoms with Crippen LogP contribution in [0.5, 0.6) is 0 Å². The summed E-state index contributed by atoms with van der Waals surface area (Å²) in [5.74, 6) is -0.0486. The molecule has 19 heavy (non-hydrogen) atoms. The predicted molar refractivity (Wildman–Crippen MR) is 80.4 cm³/mol. The molecule has 0 aliphatic carbocycles. The average molecular weight is 404 g/mol. The molecule has 0 spiro atoms. The summed E-state index contributed by atoms with van der Waals surface area (Å²) >= 11 is 8.04. The van der Waals surface area contributed by atoms with Crippen LogP contribution in [-0.4, -0.2) is 21.0 Å². The largest absolute Gasteiger partial charge is 0.476 e. The van der Waals surface area contributed by atoms with Gasteiger partial charge in [0.1, 0.15) is 5.82 Å². The molecule has 7 heteroatoms. The second-order valence-corrected chi connectivity index (χ2v) is 6.35. The standard InChI is InChI=1S/C12H8Br2N2O2S/c13-7-1-3-8(4-2-7)19-6-10-15-5-9(14)11(16-10)12(17)18/h1-5H,6H2,(H,17,18). The number of thioether (sulfide) groups is 1. The fourth-order valence-corrected chi connectivity index (χ4v) is 2.69. The van der Waals surface area contributed by atoms with Crippen molar-refractivity contribution < 1.29 is 9.90 Å². The summed E-state index contributed by atoms with van der Waals surface area (Å²) in [6, 6.07) is 7.86. The molecule has 1 heterocycles. The lowest BCUT2D eigenvalue weighted by Crippen LogP contribution is -2.05. The zero-order valence-electron chi connectivity index (χ0n) is 9.51. The topological polar surface area (TPSA) is 63.1 Å². The zero-order chi connectivity index (χ0) is 13.8. The summed E-state index contributed by atoms with van der Waals surface area (Å²) in [5, 5.41) is 8.97. The Bertz CT molecular complexity index is 605. The van der Waals surface area contributed by atoms with Gasteiger partial charge in [0.2, 0.25) is 0 Å². The smallest absolute Gasteiger partial charge is 0.355 e. The molecular weight excluding hydrogens is 396 g/mol. The van der Waals surface area contributed by atoms with Crippen LogP contribution in [0.4, 0.5) is 0 Å². The van der Waals surface area contributed by atoms with Gasteiger partial charge < -0.3 is 5.11 Å². The molecule has 0 radical (unpaired) electrons. The molecule has 0 aliphatic rings. The third-order valence-electron chi connectivity index (χ3n) is 2.18. The van der Waals surface area contributed by atoms with Crippen LogP contribution in [0, 0.1) is 0 Å². The van der Waals surface area contributed by atoms with Crippen LogP contribution in [0.15, 0.2) is 44.3 Å². The number of benzene rings is 1. The first-order valence-electron chi connectivity index (χ1n) is 5.19. The van der Waals surface area contributed by atoms with E-state index in [4.69, 9.17) is 5.11 Å². The number of aromatic carboxylic acids is 1. The van der Waals surface area contributed by atoms with Crippen molar-refractivity contribution in [2.45, 2.75) is 10.6 Å². The van der Waals surface area contributed by atoms with E-state index in [9.17, 15) is 4.79 Å². The van der Waals surface area contributed by atoms with Crippen molar-refractivity contribution in [2.75, 3.05) is 0 Å². The number of nitrogens with zero attached hydrogens (tertiary/aromatic N) is 2. The SMILES string of the molecule is O=C(O)c1nc(CSc2ccc(Br)cc2)ncc1Br. The highest BCUT2D eigenvalue weighted by atomic mass is 79.9. The Morgan fingerprint density at radius 1 is 1.26 bits per heavy atom. The first-order valence-corrected chi connectivity index (χ1v) is 7.76. The lowest BCUT2D eigenvalue weighted by atomic mass is 10.4. The fraction of sp³-hybridized carbons (Fsp3) is 0.0833. The van der Waals surface area contributed by atoms with E-state index >= 15 is 0 Å². The maximum absolute atomic E-state index is 11.0. The first-order chi connectivity index (χ1) is 9.06. The van der Waals surface area contributed by atoms with E-state index in [-0.39, 0.29) is 5.69 Å². The summed E-state index contributed by atoms with van der Waals surface area (Å²) in [7, 11) is 0. The summed E-state index contributed by atoms with van der Waals surface area (Å²) in [6.45, 7) is 0. The molecule has 0 fully saturated rings. The van der Waals surface area contributed by atoms with Gasteiger partial charge in [-0.25, -0.2) is 14.8 Å². The number of aromatic nitrogens is 2. The highest BCUT2D eigenvalue weighted by Gasteiger charge is 2.12. The van der Waals surface area contributed by atoms with Crippen LogP contribution in [0.1, 0.15) is 16.3 Å². The van der Waals surface area contributed by atoms with Crippen molar-refractivity contribution >= 4 is 49.6 Å². The second kappa shape index (κ2) is 6.49. The average Bonchev–Trinajstić information content (AvgIpc) is 2.39. The summed E-state index contributed by atoms with van der Waals surface area (Å²) in [4.78, 5) is 20.1. The van der Waals surface area contributed by atoms with Crippen molar-refractivity contribution in [1.29, 1.82) is 0 Å². The normalized spacial score (nSPS) is 10.4. The Morgan fingerprint density at radius 2 is 1.95 bits per heavy atom. The summed E-state index contributed by atoms with van der Waals surface area (Å²) < 4.78 is 1.40. The molecule has 0 atom stereocenters. The molecule has 98 valence electrons. The second-order valence-electron chi connectivity index (χ2n) is 3.53. The third kappa shape index (κ3) is 4.02. The number of halogens is 2. The van der Waals surface area contributed by atoms with Gasteiger partial charge >= 0.3 is 5.97 Å². The van der Waals surface area contributed by atoms with Crippen LogP contribution in [0.3, 0.4) is 0 Å². The Labute approximate surface area is 130 Å². The van der Waals surface area contributed by atoms with Gasteiger partial charge in [-0.3, -0.25) is 0 Å². The molecule has 2 rings (SSSR count). The van der Waals surface area contributed by atoms with Crippen LogP contribution in [0.2, 0.25) is 0 Å². The van der Waals surface area contributed by atoms with Gasteiger partial charge in [0.25, 0.3) is 0 Å². The number of carboxylic acids is 1. The Hall–Kier alpha value is -0.920. The quantitative estimate of drug-likeness (QED) is 0.782. The highest BCUT2D eigenvalue weighted by Crippen LogP contribution is 2.24. The van der Waals surface area contributed by atoms with E-state index in [0.717, 1.165) is 9.37 Å². The van der Waals surface area contributed by atoms with Gasteiger partial charge in [-0.05, 0) is 40.2 Å². The lowest BCUT2D eigenvalue weighted by Gasteiger charge is -2.03. The molecule has 4 nitrogen and oxygen atoms in total. The maximum Gasteiger partial charge on any atom is 0.355 e. The van der Waals surface area contributed by atoms with Gasteiger partial charge in [-0.1, -0.05) is 15.9 Å². The van der Waals surface area contributed by atoms with Gasteiger partial charge in [0.05, 0.1) is 10.2 Å². The fourth-order valence-electron chi connectivity index (χ4n) is 1.30. The van der Waals surface area contributed by atoms with Crippen molar-refractivity contribution in [1.82, 2.24) is 9.97 Å². The third-order valence-corrected chi connectivity index (χ3v) is 4.30. The summed E-state index contributed by atoms with van der Waals surface area (Å²) in [5.41, 5.74) is -0.0126. The van der Waals surface area contributed by atoms with Gasteiger partial charge in [-0.15, -0.1) is 11.8 Å². The van der Waals surface area contributed by atoms with Gasteiger partial charge in [-0.2, -0.15) is 0 Å². The minimum Gasteiger partial charge on any atom is -0.476 e. The number of hydrogen-bond acceptors (Lipinski definition) is 4. The Morgan fingerprint density at radius 3 is 2.58 bits per heavy atom. The van der Waals surface area contributed by atoms with Crippen LogP contribution >= 0.6 is 43.6 Å². The summed E-state index contributed by atoms with van der Waals surface area (Å²) in [6.07, 6.45) is 1.47. The van der Waals surface area contributed by atoms with E-state index in [1.165, 1.54) is 6.20 Å². The minimum atomic E-state index is -1.07. The van der Waals surface area contributed by atoms with E-state index in [2.05, 4.69) is 41.8 Å². The van der Waals surface area contributed by atoms with Gasteiger partial charge in [0.15, 0.2) is 5.69 Å². The van der Waals surface area contributed by atoms with E-state index in [1.54, 1.807) is 11.8 Å². The van der Waals surface area contributed by atoms with Crippen LogP contribution in [-0.2, 0) is 5.75 Å². The van der Waals surface area contributed by atoms with Crippen molar-refractivity contribution in [3.05, 3.63) is 50.9 Å². The van der Waals surface area contributed by atoms with Crippen molar-refractivity contribution in [3.63, 3.8) is 0 Å². The molecule has 1 aromatic heterocycles. The van der Waals surface area contributed by atoms with Crippen molar-refractivity contribution in [3.8, 4) is 0 Å². The van der Waals surface area contributed by atoms with Gasteiger partial charge in [0, 0.05) is 15.6 Å². The predicted octanol–water partition coefficient (Wildman–Crippen LogP) is 3.99. The monoisotopic (exact) mass is 402 g/mol. The first kappa shape index (κ1) is 14.5. The van der Waals surface area contributed by atoms with Crippen LogP contribution < -0.4 is 0 Å². The van der Waals surface area contributed by atoms with E-state index in [1.807, 2.05) is 24.3 Å². The molecule has 0 saturated heterocycles. The molecule has 2 aromatic rings. The minimum absolute atomic E-state index is 0.0126. The number of rotatable bonds is 4. The highest BCUT2D eigenvalue weighted by molar-refractivity contribution is 9.10. The van der Waals surface area contributed by atoms with Crippen LogP contribution in [0.25, 0.3) is 0 Å². The maximum atomic E-state index is 11.0. The zero-order valence-corrected chi connectivity index (χ0v) is 13.5. The lowest BCUT2D eigenvalue weighted by molar-refractivity contribution is 0.0689. The Kier molecular flexibility index (Phi) is 4.95. The molecule has 1 aromatic carbocycles. The molecule has 0 aliphatic heterocycles. The molecule has 0 unspecified atom stereocenters. The number of carboxylic acid groups (broad SMARTS) is 1. The Balaban J connectivity index is 2.09. The number of carbonyl (C=O) groups is 1. The van der Waals surface area contributed by atoms with E-state index in [0.29, 0.717) is 16.0 Å². The number of hydrogen-bond donors (Lipinski definition) is 1. The molecule has 1 N–H and O–H groups in total. The molecule has 0 saturated carbocycles. The van der Waals surface area contributed by atoms with Crippen molar-refractivity contribution in [2.24, 2.45) is 0 Å².